The number of aromatic amines is 1. The Morgan fingerprint density at radius 2 is 2.35 bits per heavy atom. The first-order valence-corrected chi connectivity index (χ1v) is 5.17. The van der Waals surface area contributed by atoms with Crippen LogP contribution in [0.2, 0.25) is 0 Å². The smallest absolute Gasteiger partial charge is 0.320 e. The van der Waals surface area contributed by atoms with Crippen LogP contribution in [0, 0.1) is 11.8 Å². The number of rotatable bonds is 2. The molecule has 17 heavy (non-hydrogen) atoms. The number of nitrogens with two attached hydrogens (primary N) is 1. The van der Waals surface area contributed by atoms with Gasteiger partial charge >= 0.3 is 5.69 Å². The number of hydrogen-bond acceptors (Lipinski definition) is 3. The summed E-state index contributed by atoms with van der Waals surface area (Å²) in [5.41, 5.74) is 6.98. The summed E-state index contributed by atoms with van der Waals surface area (Å²) in [7, 11) is 0. The highest BCUT2D eigenvalue weighted by molar-refractivity contribution is 5.37. The van der Waals surface area contributed by atoms with Crippen LogP contribution in [0.25, 0.3) is 0 Å². The highest BCUT2D eigenvalue weighted by atomic mass is 16.1. The first-order valence-electron chi connectivity index (χ1n) is 5.17. The summed E-state index contributed by atoms with van der Waals surface area (Å²) in [6, 6.07) is 7.68. The number of benzene rings is 1. The lowest BCUT2D eigenvalue weighted by molar-refractivity contribution is 0.761. The average molecular weight is 228 g/mol. The molecule has 1 aromatic carbocycles. The Labute approximate surface area is 98.3 Å². The fraction of sp³-hybridized carbons (Fsp3) is 0.167. The van der Waals surface area contributed by atoms with Crippen molar-refractivity contribution >= 4 is 0 Å². The Hall–Kier alpha value is -2.32. The topological polar surface area (TPSA) is 76.7 Å². The van der Waals surface area contributed by atoms with Crippen LogP contribution < -0.4 is 11.4 Å². The van der Waals surface area contributed by atoms with Crippen LogP contribution in [0.4, 0.5) is 0 Å². The molecule has 0 unspecified atom stereocenters. The van der Waals surface area contributed by atoms with E-state index in [4.69, 9.17) is 5.73 Å². The maximum Gasteiger partial charge on any atom is 0.343 e. The largest absolute Gasteiger partial charge is 0.343 e. The maximum absolute atomic E-state index is 11.3. The molecule has 0 bridgehead atoms. The van der Waals surface area contributed by atoms with Crippen LogP contribution in [-0.2, 0) is 6.54 Å². The van der Waals surface area contributed by atoms with Crippen molar-refractivity contribution in [1.29, 1.82) is 0 Å². The van der Waals surface area contributed by atoms with Gasteiger partial charge in [0.2, 0.25) is 0 Å². The summed E-state index contributed by atoms with van der Waals surface area (Å²) in [4.78, 5) is 11.3. The molecule has 0 radical (unpaired) electrons. The maximum atomic E-state index is 11.3. The van der Waals surface area contributed by atoms with E-state index in [9.17, 15) is 4.79 Å². The Bertz CT molecular complexity index is 615. The minimum absolute atomic E-state index is 0.219. The molecular weight excluding hydrogens is 216 g/mol. The van der Waals surface area contributed by atoms with E-state index in [1.54, 1.807) is 0 Å². The van der Waals surface area contributed by atoms with E-state index in [2.05, 4.69) is 22.0 Å². The molecule has 0 aliphatic carbocycles. The number of H-pyrrole nitrogens is 1. The highest BCUT2D eigenvalue weighted by Crippen LogP contribution is 2.05. The second-order valence-corrected chi connectivity index (χ2v) is 3.50. The van der Waals surface area contributed by atoms with Crippen LogP contribution >= 0.6 is 0 Å². The van der Waals surface area contributed by atoms with Crippen LogP contribution in [-0.4, -0.2) is 21.3 Å². The first kappa shape index (κ1) is 11.2. The third kappa shape index (κ3) is 2.83. The second kappa shape index (κ2) is 5.14. The summed E-state index contributed by atoms with van der Waals surface area (Å²) in [5.74, 6) is 5.75. The van der Waals surface area contributed by atoms with Crippen molar-refractivity contribution in [2.75, 3.05) is 6.54 Å². The molecule has 0 amide bonds. The van der Waals surface area contributed by atoms with Crippen molar-refractivity contribution in [2.24, 2.45) is 5.73 Å². The molecule has 1 heterocycles. The van der Waals surface area contributed by atoms with Crippen molar-refractivity contribution < 1.29 is 0 Å². The highest BCUT2D eigenvalue weighted by Gasteiger charge is 1.99. The molecule has 0 fully saturated rings. The average Bonchev–Trinajstić information content (AvgIpc) is 2.73. The molecule has 0 aliphatic rings. The molecule has 0 saturated carbocycles. The molecule has 1 aromatic heterocycles. The van der Waals surface area contributed by atoms with Gasteiger partial charge in [0.25, 0.3) is 0 Å². The van der Waals surface area contributed by atoms with E-state index >= 15 is 0 Å². The molecule has 0 aliphatic heterocycles. The molecule has 3 N–H and O–H groups in total. The van der Waals surface area contributed by atoms with Crippen molar-refractivity contribution in [3.05, 3.63) is 52.2 Å². The zero-order valence-electron chi connectivity index (χ0n) is 9.18. The first-order chi connectivity index (χ1) is 8.29. The fourth-order valence-corrected chi connectivity index (χ4v) is 1.48. The zero-order chi connectivity index (χ0) is 12.1. The lowest BCUT2D eigenvalue weighted by Crippen LogP contribution is -2.16. The summed E-state index contributed by atoms with van der Waals surface area (Å²) in [6.07, 6.45) is 1.47. The van der Waals surface area contributed by atoms with Gasteiger partial charge in [-0.15, -0.1) is 0 Å². The minimum Gasteiger partial charge on any atom is -0.320 e. The number of nitrogens with one attached hydrogen (secondary N) is 1. The normalized spacial score (nSPS) is 9.71. The van der Waals surface area contributed by atoms with Crippen LogP contribution in [0.15, 0.2) is 35.4 Å². The number of nitrogens with zero attached hydrogens (tertiary/aromatic N) is 2. The number of aromatic nitrogens is 3. The standard InChI is InChI=1S/C12H12N4O/c13-6-2-5-10-3-1-4-11(7-10)8-16-9-14-15-12(16)17/h1,3-4,7,9H,6,8,13H2,(H,15,17). The predicted octanol–water partition coefficient (Wildman–Crippen LogP) is -0.0701. The van der Waals surface area contributed by atoms with Crippen molar-refractivity contribution in [3.63, 3.8) is 0 Å². The van der Waals surface area contributed by atoms with Gasteiger partial charge in [0.15, 0.2) is 0 Å². The van der Waals surface area contributed by atoms with Gasteiger partial charge in [-0.25, -0.2) is 9.89 Å². The molecule has 0 saturated heterocycles. The van der Waals surface area contributed by atoms with E-state index in [0.717, 1.165) is 11.1 Å². The van der Waals surface area contributed by atoms with Gasteiger partial charge in [0.1, 0.15) is 6.33 Å². The molecule has 5 nitrogen and oxygen atoms in total. The molecule has 2 aromatic rings. The van der Waals surface area contributed by atoms with Crippen molar-refractivity contribution in [3.8, 4) is 11.8 Å². The summed E-state index contributed by atoms with van der Waals surface area (Å²) >= 11 is 0. The molecule has 0 spiro atoms. The fourth-order valence-electron chi connectivity index (χ4n) is 1.48. The van der Waals surface area contributed by atoms with E-state index in [0.29, 0.717) is 13.1 Å². The van der Waals surface area contributed by atoms with Crippen molar-refractivity contribution in [2.45, 2.75) is 6.54 Å². The lowest BCUT2D eigenvalue weighted by Gasteiger charge is -2.01. The number of hydrogen-bond donors (Lipinski definition) is 2. The van der Waals surface area contributed by atoms with Crippen LogP contribution in [0.5, 0.6) is 0 Å². The third-order valence-electron chi connectivity index (χ3n) is 2.23. The minimum atomic E-state index is -0.219. The Balaban J connectivity index is 2.22. The third-order valence-corrected chi connectivity index (χ3v) is 2.23. The monoisotopic (exact) mass is 228 g/mol. The van der Waals surface area contributed by atoms with Gasteiger partial charge in [-0.1, -0.05) is 24.0 Å². The van der Waals surface area contributed by atoms with Gasteiger partial charge in [-0.2, -0.15) is 5.10 Å². The van der Waals surface area contributed by atoms with Gasteiger partial charge in [0.05, 0.1) is 13.1 Å². The van der Waals surface area contributed by atoms with Gasteiger partial charge in [-0.3, -0.25) is 4.57 Å². The Kier molecular flexibility index (Phi) is 3.38. The SMILES string of the molecule is NCC#Cc1cccc(Cn2cn[nH]c2=O)c1. The Morgan fingerprint density at radius 3 is 3.06 bits per heavy atom. The van der Waals surface area contributed by atoms with Gasteiger partial charge in [0, 0.05) is 5.56 Å². The van der Waals surface area contributed by atoms with Crippen LogP contribution in [0.3, 0.4) is 0 Å². The zero-order valence-corrected chi connectivity index (χ0v) is 9.18. The lowest BCUT2D eigenvalue weighted by atomic mass is 10.1. The molecule has 2 rings (SSSR count). The Morgan fingerprint density at radius 1 is 1.47 bits per heavy atom. The molecule has 0 atom stereocenters. The quantitative estimate of drug-likeness (QED) is 0.706. The molecule has 86 valence electrons. The molecular formula is C12H12N4O. The van der Waals surface area contributed by atoms with E-state index < -0.39 is 0 Å². The summed E-state index contributed by atoms with van der Waals surface area (Å²) in [6.45, 7) is 0.818. The van der Waals surface area contributed by atoms with Crippen molar-refractivity contribution in [1.82, 2.24) is 14.8 Å². The second-order valence-electron chi connectivity index (χ2n) is 3.50. The van der Waals surface area contributed by atoms with Gasteiger partial charge in [-0.05, 0) is 17.7 Å². The van der Waals surface area contributed by atoms with E-state index in [-0.39, 0.29) is 5.69 Å². The predicted molar refractivity (Wildman–Crippen MR) is 64.3 cm³/mol. The summed E-state index contributed by atoms with van der Waals surface area (Å²) in [5, 5.41) is 6.02. The van der Waals surface area contributed by atoms with Crippen LogP contribution in [0.1, 0.15) is 11.1 Å². The summed E-state index contributed by atoms with van der Waals surface area (Å²) < 4.78 is 1.50. The molecule has 5 heteroatoms. The van der Waals surface area contributed by atoms with E-state index in [1.807, 2.05) is 24.3 Å². The van der Waals surface area contributed by atoms with E-state index in [1.165, 1.54) is 10.9 Å². The van der Waals surface area contributed by atoms with Gasteiger partial charge < -0.3 is 5.73 Å².